The van der Waals surface area contributed by atoms with Crippen LogP contribution in [-0.4, -0.2) is 29.6 Å². The molecule has 1 spiro atoms. The Kier molecular flexibility index (Phi) is 3.51. The van der Waals surface area contributed by atoms with E-state index in [2.05, 4.69) is 33.0 Å². The summed E-state index contributed by atoms with van der Waals surface area (Å²) in [6.45, 7) is 12.9. The van der Waals surface area contributed by atoms with Crippen LogP contribution in [0.3, 0.4) is 0 Å². The minimum Gasteiger partial charge on any atom is -0.326 e. The number of rotatable bonds is 1. The molecule has 5 nitrogen and oxygen atoms in total. The first kappa shape index (κ1) is 15.8. The summed E-state index contributed by atoms with van der Waals surface area (Å²) in [5.74, 6) is 1.57. The predicted molar refractivity (Wildman–Crippen MR) is 102 cm³/mol. The number of nitrogens with one attached hydrogen (secondary N) is 1. The fourth-order valence-electron chi connectivity index (χ4n) is 5.20. The average molecular weight is 345 g/mol. The van der Waals surface area contributed by atoms with Crippen LogP contribution < -0.4 is 10.2 Å². The molecule has 1 aliphatic carbocycles. The van der Waals surface area contributed by atoms with Crippen molar-refractivity contribution in [1.29, 1.82) is 0 Å². The van der Waals surface area contributed by atoms with Gasteiger partial charge < -0.3 is 10.2 Å². The summed E-state index contributed by atoms with van der Waals surface area (Å²) in [4.78, 5) is 15.5. The van der Waals surface area contributed by atoms with Crippen LogP contribution in [0, 0.1) is 6.57 Å². The molecule has 0 radical (unpaired) electrons. The molecule has 132 valence electrons. The van der Waals surface area contributed by atoms with Crippen LogP contribution in [0.15, 0.2) is 24.5 Å². The Hall–Kier alpha value is -2.45. The average Bonchev–Trinajstić information content (AvgIpc) is 3.22. The van der Waals surface area contributed by atoms with Crippen molar-refractivity contribution in [2.75, 3.05) is 24.5 Å². The fraction of sp³-hybridized carbons (Fsp3) is 0.476. The maximum absolute atomic E-state index is 7.70. The number of aromatic nitrogens is 2. The SMILES string of the molecule is [C-]#[N+]c1cccc2c1C1(CCNCC1)CN2c1ncnc2c1[C@H](C)CC2. The normalized spacial score (nSPS) is 22.9. The van der Waals surface area contributed by atoms with Crippen LogP contribution in [0.5, 0.6) is 0 Å². The van der Waals surface area contributed by atoms with Crippen molar-refractivity contribution < 1.29 is 0 Å². The minimum atomic E-state index is 0.0569. The maximum Gasteiger partial charge on any atom is 0.193 e. The first-order valence-corrected chi connectivity index (χ1v) is 9.56. The van der Waals surface area contributed by atoms with Crippen molar-refractivity contribution in [3.8, 4) is 0 Å². The Morgan fingerprint density at radius 3 is 2.92 bits per heavy atom. The first-order chi connectivity index (χ1) is 12.7. The van der Waals surface area contributed by atoms with E-state index in [1.807, 2.05) is 12.1 Å². The highest BCUT2D eigenvalue weighted by Crippen LogP contribution is 2.53. The van der Waals surface area contributed by atoms with Crippen molar-refractivity contribution in [2.45, 2.75) is 43.9 Å². The molecule has 1 aromatic carbocycles. The fourth-order valence-corrected chi connectivity index (χ4v) is 5.20. The summed E-state index contributed by atoms with van der Waals surface area (Å²) in [6.07, 6.45) is 6.07. The van der Waals surface area contributed by atoms with E-state index in [1.54, 1.807) is 6.33 Å². The van der Waals surface area contributed by atoms with Crippen LogP contribution in [0.1, 0.15) is 48.9 Å². The molecule has 1 atom stereocenters. The summed E-state index contributed by atoms with van der Waals surface area (Å²) in [5, 5.41) is 3.49. The Morgan fingerprint density at radius 1 is 1.27 bits per heavy atom. The van der Waals surface area contributed by atoms with E-state index in [-0.39, 0.29) is 5.41 Å². The molecule has 0 bridgehead atoms. The predicted octanol–water partition coefficient (Wildman–Crippen LogP) is 3.85. The Bertz CT molecular complexity index is 907. The molecule has 3 heterocycles. The summed E-state index contributed by atoms with van der Waals surface area (Å²) < 4.78 is 0. The lowest BCUT2D eigenvalue weighted by Crippen LogP contribution is -2.42. The smallest absolute Gasteiger partial charge is 0.193 e. The van der Waals surface area contributed by atoms with Gasteiger partial charge in [0.25, 0.3) is 0 Å². The van der Waals surface area contributed by atoms with E-state index in [4.69, 9.17) is 11.6 Å². The van der Waals surface area contributed by atoms with E-state index >= 15 is 0 Å². The molecule has 2 aromatic rings. The lowest BCUT2D eigenvalue weighted by molar-refractivity contribution is 0.330. The van der Waals surface area contributed by atoms with E-state index in [0.29, 0.717) is 5.92 Å². The molecule has 1 saturated heterocycles. The van der Waals surface area contributed by atoms with Crippen molar-refractivity contribution in [3.05, 3.63) is 52.8 Å². The van der Waals surface area contributed by atoms with Gasteiger partial charge in [-0.15, -0.1) is 0 Å². The van der Waals surface area contributed by atoms with Crippen LogP contribution >= 0.6 is 0 Å². The third-order valence-corrected chi connectivity index (χ3v) is 6.49. The molecule has 3 aliphatic rings. The van der Waals surface area contributed by atoms with Crippen molar-refractivity contribution in [2.24, 2.45) is 0 Å². The van der Waals surface area contributed by atoms with Gasteiger partial charge in [-0.2, -0.15) is 0 Å². The third-order valence-electron chi connectivity index (χ3n) is 6.49. The molecule has 26 heavy (non-hydrogen) atoms. The Balaban J connectivity index is 1.70. The lowest BCUT2D eigenvalue weighted by Gasteiger charge is -2.35. The molecular weight excluding hydrogens is 322 g/mol. The van der Waals surface area contributed by atoms with Gasteiger partial charge in [-0.1, -0.05) is 19.1 Å². The third kappa shape index (κ3) is 2.12. The quantitative estimate of drug-likeness (QED) is 0.798. The van der Waals surface area contributed by atoms with Gasteiger partial charge in [0.05, 0.1) is 6.57 Å². The van der Waals surface area contributed by atoms with Gasteiger partial charge in [0.2, 0.25) is 0 Å². The van der Waals surface area contributed by atoms with Crippen LogP contribution in [-0.2, 0) is 11.8 Å². The van der Waals surface area contributed by atoms with Gasteiger partial charge in [0.15, 0.2) is 5.69 Å². The second kappa shape index (κ2) is 5.78. The van der Waals surface area contributed by atoms with Crippen LogP contribution in [0.25, 0.3) is 4.85 Å². The summed E-state index contributed by atoms with van der Waals surface area (Å²) in [7, 11) is 0. The minimum absolute atomic E-state index is 0.0569. The molecule has 5 heteroatoms. The maximum atomic E-state index is 7.70. The highest BCUT2D eigenvalue weighted by molar-refractivity contribution is 5.80. The summed E-state index contributed by atoms with van der Waals surface area (Å²) in [6, 6.07) is 6.17. The van der Waals surface area contributed by atoms with Gasteiger partial charge in [-0.05, 0) is 56.3 Å². The lowest BCUT2D eigenvalue weighted by atomic mass is 9.74. The molecule has 1 fully saturated rings. The topological polar surface area (TPSA) is 45.4 Å². The van der Waals surface area contributed by atoms with Crippen molar-refractivity contribution in [3.63, 3.8) is 0 Å². The van der Waals surface area contributed by atoms with Gasteiger partial charge in [0.1, 0.15) is 12.1 Å². The molecule has 0 unspecified atom stereocenters. The van der Waals surface area contributed by atoms with E-state index in [9.17, 15) is 0 Å². The largest absolute Gasteiger partial charge is 0.326 e. The standard InChI is InChI=1S/C21H23N5/c1-14-6-7-15-18(14)20(25-13-24-15)26-12-21(8-10-23-11-9-21)19-16(22-2)4-3-5-17(19)26/h3-5,13-14,23H,6-12H2,1H3/t14-/m1/s1. The van der Waals surface area contributed by atoms with Gasteiger partial charge >= 0.3 is 0 Å². The molecule has 1 aromatic heterocycles. The van der Waals surface area contributed by atoms with Crippen molar-refractivity contribution >= 4 is 17.2 Å². The Morgan fingerprint density at radius 2 is 2.12 bits per heavy atom. The van der Waals surface area contributed by atoms with Gasteiger partial charge in [0, 0.05) is 28.9 Å². The monoisotopic (exact) mass is 345 g/mol. The molecule has 1 N–H and O–H groups in total. The second-order valence-electron chi connectivity index (χ2n) is 7.90. The zero-order chi connectivity index (χ0) is 17.7. The number of piperidine rings is 1. The van der Waals surface area contributed by atoms with Crippen molar-refractivity contribution in [1.82, 2.24) is 15.3 Å². The zero-order valence-electron chi connectivity index (χ0n) is 15.1. The number of aryl methyl sites for hydroxylation is 1. The number of fused-ring (bicyclic) bond motifs is 3. The molecular formula is C21H23N5. The highest BCUT2D eigenvalue weighted by Gasteiger charge is 2.46. The van der Waals surface area contributed by atoms with E-state index < -0.39 is 0 Å². The number of nitrogens with zero attached hydrogens (tertiary/aromatic N) is 4. The van der Waals surface area contributed by atoms with Gasteiger partial charge in [-0.25, -0.2) is 14.8 Å². The van der Waals surface area contributed by atoms with E-state index in [0.717, 1.165) is 56.8 Å². The Labute approximate surface area is 154 Å². The summed E-state index contributed by atoms with van der Waals surface area (Å²) >= 11 is 0. The molecule has 5 rings (SSSR count). The number of anilines is 2. The summed E-state index contributed by atoms with van der Waals surface area (Å²) in [5.41, 5.74) is 5.82. The molecule has 2 aliphatic heterocycles. The van der Waals surface area contributed by atoms with Crippen LogP contribution in [0.4, 0.5) is 17.2 Å². The molecule has 0 saturated carbocycles. The number of hydrogen-bond donors (Lipinski definition) is 1. The van der Waals surface area contributed by atoms with Crippen LogP contribution in [0.2, 0.25) is 0 Å². The molecule has 0 amide bonds. The number of benzene rings is 1. The second-order valence-corrected chi connectivity index (χ2v) is 7.90. The number of hydrogen-bond acceptors (Lipinski definition) is 4. The highest BCUT2D eigenvalue weighted by atomic mass is 15.2. The van der Waals surface area contributed by atoms with Gasteiger partial charge in [-0.3, -0.25) is 0 Å². The first-order valence-electron chi connectivity index (χ1n) is 9.56. The zero-order valence-corrected chi connectivity index (χ0v) is 15.1. The van der Waals surface area contributed by atoms with E-state index in [1.165, 1.54) is 22.5 Å².